The summed E-state index contributed by atoms with van der Waals surface area (Å²) in [5.41, 5.74) is 4.38. The highest BCUT2D eigenvalue weighted by Gasteiger charge is 2.17. The first-order chi connectivity index (χ1) is 9.65. The Morgan fingerprint density at radius 3 is 2.90 bits per heavy atom. The highest BCUT2D eigenvalue weighted by Crippen LogP contribution is 2.15. The van der Waals surface area contributed by atoms with Crippen LogP contribution in [0.2, 0.25) is 0 Å². The second kappa shape index (κ2) is 6.76. The molecule has 0 amide bonds. The van der Waals surface area contributed by atoms with Crippen LogP contribution in [-0.4, -0.2) is 28.2 Å². The van der Waals surface area contributed by atoms with Crippen molar-refractivity contribution in [3.8, 4) is 0 Å². The van der Waals surface area contributed by atoms with E-state index >= 15 is 0 Å². The first-order valence-electron chi connectivity index (χ1n) is 6.79. The van der Waals surface area contributed by atoms with Gasteiger partial charge in [0.25, 0.3) is 0 Å². The number of nitrogens with zero attached hydrogens (tertiary/aromatic N) is 3. The maximum atomic E-state index is 9.06. The van der Waals surface area contributed by atoms with Gasteiger partial charge in [0.15, 0.2) is 12.2 Å². The maximum absolute atomic E-state index is 9.06. The van der Waals surface area contributed by atoms with Crippen LogP contribution in [0.1, 0.15) is 28.9 Å². The highest BCUT2D eigenvalue weighted by atomic mass is 32.1. The fourth-order valence-electron chi connectivity index (χ4n) is 2.06. The number of anilines is 1. The highest BCUT2D eigenvalue weighted by molar-refractivity contribution is 7.09. The zero-order valence-corrected chi connectivity index (χ0v) is 13.0. The Kier molecular flexibility index (Phi) is 5.03. The monoisotopic (exact) mass is 293 g/mol. The summed E-state index contributed by atoms with van der Waals surface area (Å²) in [7, 11) is 0. The molecule has 0 radical (unpaired) electrons. The molecule has 0 saturated carbocycles. The van der Waals surface area contributed by atoms with E-state index in [0.717, 1.165) is 30.3 Å². The van der Waals surface area contributed by atoms with Crippen LogP contribution in [0.4, 0.5) is 5.82 Å². The van der Waals surface area contributed by atoms with Crippen molar-refractivity contribution in [2.45, 2.75) is 33.7 Å². The van der Waals surface area contributed by atoms with Crippen LogP contribution in [0.15, 0.2) is 11.7 Å². The van der Waals surface area contributed by atoms with Crippen molar-refractivity contribution in [3.05, 3.63) is 33.7 Å². The van der Waals surface area contributed by atoms with Crippen LogP contribution in [-0.2, 0) is 13.0 Å². The summed E-state index contributed by atoms with van der Waals surface area (Å²) >= 11 is 1.68. The Labute approximate surface area is 123 Å². The lowest BCUT2D eigenvalue weighted by atomic mass is 10.2. The van der Waals surface area contributed by atoms with E-state index in [1.54, 1.807) is 11.3 Å². The van der Waals surface area contributed by atoms with E-state index < -0.39 is 0 Å². The molecule has 2 aromatic rings. The number of aliphatic hydroxyl groups excluding tert-OH is 1. The van der Waals surface area contributed by atoms with Gasteiger partial charge in [0.05, 0.1) is 10.4 Å². The molecule has 2 heterocycles. The van der Waals surface area contributed by atoms with Gasteiger partial charge in [-0.05, 0) is 13.8 Å². The third-order valence-electron chi connectivity index (χ3n) is 3.17. The summed E-state index contributed by atoms with van der Waals surface area (Å²) in [4.78, 5) is 9.98. The molecule has 0 fully saturated rings. The van der Waals surface area contributed by atoms with E-state index in [0.29, 0.717) is 6.42 Å². The van der Waals surface area contributed by atoms with Gasteiger partial charge in [0, 0.05) is 32.7 Å². The standard InChI is InChI=1S/C14H21N4OS/c1-4-15-14-12(7-16-11(3)17-14)8-18-9-20-13(5-6-19)10(18)2/h7,9,19H,4-6,8H2,1-3H3,(H,15,16,17)/q+1. The molecule has 0 saturated heterocycles. The van der Waals surface area contributed by atoms with Crippen molar-refractivity contribution in [2.75, 3.05) is 18.5 Å². The van der Waals surface area contributed by atoms with Gasteiger partial charge in [0.2, 0.25) is 5.51 Å². The molecule has 0 unspecified atom stereocenters. The summed E-state index contributed by atoms with van der Waals surface area (Å²) in [6, 6.07) is 0. The lowest BCUT2D eigenvalue weighted by molar-refractivity contribution is -0.689. The SMILES string of the molecule is CCNc1nc(C)ncc1C[n+]1csc(CCO)c1C. The van der Waals surface area contributed by atoms with Gasteiger partial charge in [-0.2, -0.15) is 4.57 Å². The van der Waals surface area contributed by atoms with Crippen molar-refractivity contribution >= 4 is 17.2 Å². The van der Waals surface area contributed by atoms with E-state index in [4.69, 9.17) is 5.11 Å². The van der Waals surface area contributed by atoms with Crippen molar-refractivity contribution in [2.24, 2.45) is 0 Å². The number of hydrogen-bond donors (Lipinski definition) is 2. The van der Waals surface area contributed by atoms with E-state index in [1.807, 2.05) is 13.1 Å². The molecular formula is C14H21N4OS+. The maximum Gasteiger partial charge on any atom is 0.225 e. The average Bonchev–Trinajstić information content (AvgIpc) is 2.75. The zero-order chi connectivity index (χ0) is 14.5. The number of aliphatic hydroxyl groups is 1. The third kappa shape index (κ3) is 3.32. The molecule has 20 heavy (non-hydrogen) atoms. The van der Waals surface area contributed by atoms with Gasteiger partial charge in [-0.3, -0.25) is 0 Å². The molecule has 0 aliphatic rings. The lowest BCUT2D eigenvalue weighted by Crippen LogP contribution is -2.35. The van der Waals surface area contributed by atoms with Crippen LogP contribution < -0.4 is 9.88 Å². The molecule has 2 N–H and O–H groups in total. The summed E-state index contributed by atoms with van der Waals surface area (Å²) in [6.45, 7) is 7.82. The van der Waals surface area contributed by atoms with E-state index in [1.165, 1.54) is 10.6 Å². The van der Waals surface area contributed by atoms with Gasteiger partial charge >= 0.3 is 0 Å². The van der Waals surface area contributed by atoms with Crippen LogP contribution in [0.5, 0.6) is 0 Å². The predicted octanol–water partition coefficient (Wildman–Crippen LogP) is 1.46. The van der Waals surface area contributed by atoms with Gasteiger partial charge in [0.1, 0.15) is 11.6 Å². The molecule has 0 aliphatic carbocycles. The summed E-state index contributed by atoms with van der Waals surface area (Å²) in [6.07, 6.45) is 2.60. The Hall–Kier alpha value is -1.53. The minimum Gasteiger partial charge on any atom is -0.396 e. The molecule has 108 valence electrons. The number of rotatable bonds is 6. The summed E-state index contributed by atoms with van der Waals surface area (Å²) in [5.74, 6) is 1.68. The van der Waals surface area contributed by atoms with E-state index in [2.05, 4.69) is 39.2 Å². The molecule has 0 atom stereocenters. The fourth-order valence-corrected chi connectivity index (χ4v) is 3.05. The topological polar surface area (TPSA) is 61.9 Å². The fraction of sp³-hybridized carbons (Fsp3) is 0.500. The molecule has 5 nitrogen and oxygen atoms in total. The molecular weight excluding hydrogens is 272 g/mol. The van der Waals surface area contributed by atoms with Gasteiger partial charge in [-0.1, -0.05) is 11.3 Å². The third-order valence-corrected chi connectivity index (χ3v) is 4.31. The van der Waals surface area contributed by atoms with Crippen molar-refractivity contribution < 1.29 is 9.67 Å². The molecule has 2 rings (SSSR count). The number of aromatic nitrogens is 3. The van der Waals surface area contributed by atoms with Crippen molar-refractivity contribution in [1.29, 1.82) is 0 Å². The average molecular weight is 293 g/mol. The van der Waals surface area contributed by atoms with Crippen molar-refractivity contribution in [3.63, 3.8) is 0 Å². The van der Waals surface area contributed by atoms with Crippen LogP contribution in [0.25, 0.3) is 0 Å². The van der Waals surface area contributed by atoms with Crippen LogP contribution >= 0.6 is 11.3 Å². The Morgan fingerprint density at radius 2 is 2.20 bits per heavy atom. The molecule has 2 aromatic heterocycles. The van der Waals surface area contributed by atoms with Gasteiger partial charge in [-0.15, -0.1) is 0 Å². The number of aryl methyl sites for hydroxylation is 1. The minimum atomic E-state index is 0.192. The second-order valence-corrected chi connectivity index (χ2v) is 5.59. The molecule has 0 spiro atoms. The minimum absolute atomic E-state index is 0.192. The molecule has 6 heteroatoms. The lowest BCUT2D eigenvalue weighted by Gasteiger charge is -2.07. The smallest absolute Gasteiger partial charge is 0.225 e. The van der Waals surface area contributed by atoms with E-state index in [-0.39, 0.29) is 6.61 Å². The first-order valence-corrected chi connectivity index (χ1v) is 7.67. The molecule has 0 bridgehead atoms. The van der Waals surface area contributed by atoms with E-state index in [9.17, 15) is 0 Å². The molecule has 0 aliphatic heterocycles. The number of thiazole rings is 1. The quantitative estimate of drug-likeness (QED) is 0.792. The largest absolute Gasteiger partial charge is 0.396 e. The number of nitrogens with one attached hydrogen (secondary N) is 1. The Bertz CT molecular complexity index is 583. The summed E-state index contributed by atoms with van der Waals surface area (Å²) in [5, 5.41) is 12.3. The molecule has 0 aromatic carbocycles. The number of hydrogen-bond acceptors (Lipinski definition) is 5. The van der Waals surface area contributed by atoms with Crippen LogP contribution in [0.3, 0.4) is 0 Å². The van der Waals surface area contributed by atoms with Crippen molar-refractivity contribution in [1.82, 2.24) is 9.97 Å². The normalized spacial score (nSPS) is 10.8. The zero-order valence-electron chi connectivity index (χ0n) is 12.2. The van der Waals surface area contributed by atoms with Gasteiger partial charge in [-0.25, -0.2) is 9.97 Å². The first kappa shape index (κ1) is 14.9. The Morgan fingerprint density at radius 1 is 1.40 bits per heavy atom. The second-order valence-electron chi connectivity index (χ2n) is 4.65. The summed E-state index contributed by atoms with van der Waals surface area (Å²) < 4.78 is 2.19. The van der Waals surface area contributed by atoms with Crippen LogP contribution in [0, 0.1) is 13.8 Å². The predicted molar refractivity (Wildman–Crippen MR) is 80.1 cm³/mol. The van der Waals surface area contributed by atoms with Gasteiger partial charge < -0.3 is 10.4 Å². The Balaban J connectivity index is 2.25.